The number of nitrogens with zero attached hydrogens (tertiary/aromatic N) is 1. The summed E-state index contributed by atoms with van der Waals surface area (Å²) in [5, 5.41) is 0. The predicted octanol–water partition coefficient (Wildman–Crippen LogP) is 5.30. The Bertz CT molecular complexity index is 1180. The lowest BCUT2D eigenvalue weighted by Gasteiger charge is -2.36. The Labute approximate surface area is 193 Å². The van der Waals surface area contributed by atoms with E-state index in [1.807, 2.05) is 49.4 Å². The SMILES string of the molecule is C[C@H](c1ccccc1)N(C(=O)c1ccccc1)C(CC1=Cc2cc(F)ccc2CC1)C(N)=O. The fourth-order valence-electron chi connectivity index (χ4n) is 4.47. The molecule has 0 fully saturated rings. The second kappa shape index (κ2) is 9.82. The van der Waals surface area contributed by atoms with E-state index < -0.39 is 11.9 Å². The van der Waals surface area contributed by atoms with E-state index in [-0.39, 0.29) is 17.8 Å². The molecule has 4 rings (SSSR count). The molecule has 0 saturated carbocycles. The average molecular weight is 443 g/mol. The molecular weight excluding hydrogens is 415 g/mol. The number of amides is 2. The van der Waals surface area contributed by atoms with E-state index in [1.165, 1.54) is 12.1 Å². The Hall–Kier alpha value is -3.73. The van der Waals surface area contributed by atoms with Crippen LogP contribution < -0.4 is 5.73 Å². The number of carbonyl (C=O) groups is 2. The number of carbonyl (C=O) groups excluding carboxylic acids is 2. The van der Waals surface area contributed by atoms with Crippen molar-refractivity contribution < 1.29 is 14.0 Å². The smallest absolute Gasteiger partial charge is 0.255 e. The van der Waals surface area contributed by atoms with E-state index in [2.05, 4.69) is 0 Å². The van der Waals surface area contributed by atoms with E-state index >= 15 is 0 Å². The van der Waals surface area contributed by atoms with Crippen molar-refractivity contribution in [2.45, 2.75) is 38.3 Å². The Morgan fingerprint density at radius 3 is 2.30 bits per heavy atom. The number of hydrogen-bond donors (Lipinski definition) is 1. The van der Waals surface area contributed by atoms with Crippen LogP contribution in [0.5, 0.6) is 0 Å². The molecule has 2 N–H and O–H groups in total. The summed E-state index contributed by atoms with van der Waals surface area (Å²) in [6.07, 6.45) is 3.72. The van der Waals surface area contributed by atoms with Crippen LogP contribution in [0.1, 0.15) is 52.9 Å². The molecule has 1 unspecified atom stereocenters. The predicted molar refractivity (Wildman–Crippen MR) is 128 cm³/mol. The van der Waals surface area contributed by atoms with Crippen molar-refractivity contribution in [2.24, 2.45) is 5.73 Å². The normalized spacial score (nSPS) is 14.5. The van der Waals surface area contributed by atoms with Crippen molar-refractivity contribution in [3.8, 4) is 0 Å². The molecule has 0 aliphatic heterocycles. The molecule has 0 radical (unpaired) electrons. The minimum absolute atomic E-state index is 0.251. The highest BCUT2D eigenvalue weighted by Crippen LogP contribution is 2.32. The number of hydrogen-bond acceptors (Lipinski definition) is 2. The third kappa shape index (κ3) is 5.03. The van der Waals surface area contributed by atoms with Gasteiger partial charge in [0, 0.05) is 5.56 Å². The quantitative estimate of drug-likeness (QED) is 0.539. The van der Waals surface area contributed by atoms with Gasteiger partial charge >= 0.3 is 0 Å². The summed E-state index contributed by atoms with van der Waals surface area (Å²) in [6, 6.07) is 22.1. The molecule has 33 heavy (non-hydrogen) atoms. The zero-order chi connectivity index (χ0) is 23.4. The fraction of sp³-hybridized carbons (Fsp3) is 0.214. The van der Waals surface area contributed by atoms with Crippen molar-refractivity contribution in [1.29, 1.82) is 0 Å². The summed E-state index contributed by atoms with van der Waals surface area (Å²) in [4.78, 5) is 28.0. The number of aryl methyl sites for hydroxylation is 1. The number of rotatable bonds is 7. The Morgan fingerprint density at radius 2 is 1.64 bits per heavy atom. The number of primary amides is 1. The largest absolute Gasteiger partial charge is 0.368 e. The first kappa shape index (κ1) is 22.5. The maximum absolute atomic E-state index is 13.8. The summed E-state index contributed by atoms with van der Waals surface area (Å²) < 4.78 is 13.8. The molecule has 0 aromatic heterocycles. The van der Waals surface area contributed by atoms with Crippen molar-refractivity contribution in [2.75, 3.05) is 0 Å². The van der Waals surface area contributed by atoms with E-state index in [1.54, 1.807) is 35.2 Å². The second-order valence-corrected chi connectivity index (χ2v) is 8.43. The van der Waals surface area contributed by atoms with Crippen molar-refractivity contribution in [1.82, 2.24) is 4.90 Å². The Balaban J connectivity index is 1.71. The van der Waals surface area contributed by atoms with Gasteiger partial charge < -0.3 is 10.6 Å². The first-order chi connectivity index (χ1) is 15.9. The van der Waals surface area contributed by atoms with Crippen LogP contribution in [0.15, 0.2) is 84.4 Å². The van der Waals surface area contributed by atoms with Crippen LogP contribution in [0.25, 0.3) is 6.08 Å². The van der Waals surface area contributed by atoms with Gasteiger partial charge in [-0.25, -0.2) is 4.39 Å². The van der Waals surface area contributed by atoms with Crippen molar-refractivity contribution >= 4 is 17.9 Å². The number of benzene rings is 3. The van der Waals surface area contributed by atoms with Crippen LogP contribution in [0.3, 0.4) is 0 Å². The minimum Gasteiger partial charge on any atom is -0.368 e. The van der Waals surface area contributed by atoms with E-state index in [0.29, 0.717) is 12.0 Å². The molecule has 2 atom stereocenters. The van der Waals surface area contributed by atoms with E-state index in [9.17, 15) is 14.0 Å². The Morgan fingerprint density at radius 1 is 0.970 bits per heavy atom. The molecule has 0 bridgehead atoms. The van der Waals surface area contributed by atoms with Gasteiger partial charge in [-0.05, 0) is 67.1 Å². The van der Waals surface area contributed by atoms with Crippen LogP contribution >= 0.6 is 0 Å². The third-order valence-corrected chi connectivity index (χ3v) is 6.26. The van der Waals surface area contributed by atoms with Crippen molar-refractivity contribution in [3.05, 3.63) is 113 Å². The van der Waals surface area contributed by atoms with Crippen LogP contribution in [0.4, 0.5) is 4.39 Å². The lowest BCUT2D eigenvalue weighted by Crippen LogP contribution is -2.49. The van der Waals surface area contributed by atoms with Gasteiger partial charge in [-0.3, -0.25) is 9.59 Å². The third-order valence-electron chi connectivity index (χ3n) is 6.26. The maximum Gasteiger partial charge on any atom is 0.255 e. The molecule has 3 aromatic rings. The molecular formula is C28H27FN2O2. The van der Waals surface area contributed by atoms with E-state index in [4.69, 9.17) is 5.73 Å². The maximum atomic E-state index is 13.8. The molecule has 1 aliphatic carbocycles. The summed E-state index contributed by atoms with van der Waals surface area (Å²) >= 11 is 0. The second-order valence-electron chi connectivity index (χ2n) is 8.43. The highest BCUT2D eigenvalue weighted by Gasteiger charge is 2.34. The van der Waals surface area contributed by atoms with Gasteiger partial charge in [0.1, 0.15) is 11.9 Å². The number of nitrogens with two attached hydrogens (primary N) is 1. The molecule has 0 heterocycles. The minimum atomic E-state index is -0.839. The molecule has 4 nitrogen and oxygen atoms in total. The summed E-state index contributed by atoms with van der Waals surface area (Å²) in [5.74, 6) is -1.11. The van der Waals surface area contributed by atoms with Gasteiger partial charge in [0.15, 0.2) is 0 Å². The molecule has 168 valence electrons. The highest BCUT2D eigenvalue weighted by atomic mass is 19.1. The highest BCUT2D eigenvalue weighted by molar-refractivity contribution is 5.97. The van der Waals surface area contributed by atoms with Gasteiger partial charge in [0.05, 0.1) is 6.04 Å². The topological polar surface area (TPSA) is 63.4 Å². The lowest BCUT2D eigenvalue weighted by atomic mass is 9.88. The van der Waals surface area contributed by atoms with Crippen LogP contribution in [-0.2, 0) is 11.2 Å². The summed E-state index contributed by atoms with van der Waals surface area (Å²) in [5.41, 5.74) is 10.2. The molecule has 3 aromatic carbocycles. The fourth-order valence-corrected chi connectivity index (χ4v) is 4.47. The van der Waals surface area contributed by atoms with Gasteiger partial charge in [0.25, 0.3) is 5.91 Å². The molecule has 2 amide bonds. The Kier molecular flexibility index (Phi) is 6.68. The monoisotopic (exact) mass is 442 g/mol. The average Bonchev–Trinajstić information content (AvgIpc) is 2.84. The van der Waals surface area contributed by atoms with Crippen molar-refractivity contribution in [3.63, 3.8) is 0 Å². The van der Waals surface area contributed by atoms with Gasteiger partial charge in [0.2, 0.25) is 5.91 Å². The molecule has 0 saturated heterocycles. The summed E-state index contributed by atoms with van der Waals surface area (Å²) in [7, 11) is 0. The number of fused-ring (bicyclic) bond motifs is 1. The molecule has 1 aliphatic rings. The van der Waals surface area contributed by atoms with Gasteiger partial charge in [-0.15, -0.1) is 0 Å². The number of halogens is 1. The van der Waals surface area contributed by atoms with Gasteiger partial charge in [-0.2, -0.15) is 0 Å². The molecule has 0 spiro atoms. The van der Waals surface area contributed by atoms with E-state index in [0.717, 1.165) is 35.1 Å². The first-order valence-electron chi connectivity index (χ1n) is 11.1. The zero-order valence-corrected chi connectivity index (χ0v) is 18.6. The summed E-state index contributed by atoms with van der Waals surface area (Å²) in [6.45, 7) is 1.91. The van der Waals surface area contributed by atoms with Gasteiger partial charge in [-0.1, -0.05) is 66.2 Å². The van der Waals surface area contributed by atoms with Crippen LogP contribution in [0.2, 0.25) is 0 Å². The zero-order valence-electron chi connectivity index (χ0n) is 18.6. The molecule has 5 heteroatoms. The van der Waals surface area contributed by atoms with Crippen LogP contribution in [0, 0.1) is 5.82 Å². The lowest BCUT2D eigenvalue weighted by molar-refractivity contribution is -0.123. The standard InChI is InChI=1S/C28H27FN2O2/c1-19(21-8-4-2-5-9-21)31(28(33)23-10-6-3-7-11-23)26(27(30)32)17-20-12-13-22-14-15-25(29)18-24(22)16-20/h2-11,14-16,18-19,26H,12-13,17H2,1H3,(H2,30,32)/t19-,26?/m1/s1. The first-order valence-corrected chi connectivity index (χ1v) is 11.1. The van der Waals surface area contributed by atoms with Crippen LogP contribution in [-0.4, -0.2) is 22.8 Å².